The standard InChI is InChI=1S/C25H40BN3O4/c1-10-25(8,9)33-26(31-11-2)22-20(16(3)4)21-19(28-22)13-12-18(27-21)17-14-29(15-17)23(30)32-24(5,6)7/h12-13,16-17,28H,10-11,14-15H2,1-9H3. The lowest BCUT2D eigenvalue weighted by atomic mass is 9.77. The Morgan fingerprint density at radius 2 is 1.88 bits per heavy atom. The van der Waals surface area contributed by atoms with E-state index in [2.05, 4.69) is 51.7 Å². The fourth-order valence-electron chi connectivity index (χ4n) is 3.96. The summed E-state index contributed by atoms with van der Waals surface area (Å²) in [5.74, 6) is 0.450. The van der Waals surface area contributed by atoms with Gasteiger partial charge in [-0.05, 0) is 71.6 Å². The number of carbonyl (C=O) groups excluding carboxylic acids is 1. The van der Waals surface area contributed by atoms with Crippen LogP contribution in [0.15, 0.2) is 12.1 Å². The molecule has 33 heavy (non-hydrogen) atoms. The summed E-state index contributed by atoms with van der Waals surface area (Å²) < 4.78 is 17.9. The Bertz CT molecular complexity index is 974. The lowest BCUT2D eigenvalue weighted by molar-refractivity contribution is 0.00789. The molecule has 0 radical (unpaired) electrons. The summed E-state index contributed by atoms with van der Waals surface area (Å²) in [5, 5.41) is 0. The van der Waals surface area contributed by atoms with Crippen LogP contribution in [-0.4, -0.2) is 59.0 Å². The predicted molar refractivity (Wildman–Crippen MR) is 133 cm³/mol. The van der Waals surface area contributed by atoms with E-state index >= 15 is 0 Å². The normalized spacial score (nSPS) is 15.3. The molecule has 0 unspecified atom stereocenters. The van der Waals surface area contributed by atoms with Crippen molar-refractivity contribution in [3.05, 3.63) is 23.4 Å². The van der Waals surface area contributed by atoms with Gasteiger partial charge in [0.2, 0.25) is 0 Å². The van der Waals surface area contributed by atoms with Gasteiger partial charge >= 0.3 is 13.2 Å². The molecule has 3 heterocycles. The van der Waals surface area contributed by atoms with Crippen molar-refractivity contribution < 1.29 is 18.8 Å². The van der Waals surface area contributed by atoms with Gasteiger partial charge in [0.15, 0.2) is 0 Å². The molecule has 7 nitrogen and oxygen atoms in total. The third kappa shape index (κ3) is 5.90. The third-order valence-electron chi connectivity index (χ3n) is 6.09. The Hall–Kier alpha value is -2.06. The molecule has 8 heteroatoms. The maximum Gasteiger partial charge on any atom is 0.511 e. The van der Waals surface area contributed by atoms with E-state index in [1.807, 2.05) is 27.7 Å². The molecule has 182 valence electrons. The number of pyridine rings is 1. The number of rotatable bonds is 8. The number of nitrogens with zero attached hydrogens (tertiary/aromatic N) is 2. The number of aromatic nitrogens is 2. The largest absolute Gasteiger partial charge is 0.511 e. The number of ether oxygens (including phenoxy) is 1. The minimum Gasteiger partial charge on any atom is -0.444 e. The summed E-state index contributed by atoms with van der Waals surface area (Å²) in [6.07, 6.45) is 0.619. The van der Waals surface area contributed by atoms with Gasteiger partial charge in [-0.1, -0.05) is 20.8 Å². The fraction of sp³-hybridized carbons (Fsp3) is 0.680. The quantitative estimate of drug-likeness (QED) is 0.568. The zero-order valence-corrected chi connectivity index (χ0v) is 21.7. The van der Waals surface area contributed by atoms with Crippen LogP contribution in [0, 0.1) is 0 Å². The number of aromatic amines is 1. The lowest BCUT2D eigenvalue weighted by Crippen LogP contribution is -2.50. The van der Waals surface area contributed by atoms with Crippen LogP contribution in [0.2, 0.25) is 0 Å². The average molecular weight is 457 g/mol. The molecule has 1 aliphatic heterocycles. The summed E-state index contributed by atoms with van der Waals surface area (Å²) >= 11 is 0. The summed E-state index contributed by atoms with van der Waals surface area (Å²) in [6, 6.07) is 4.13. The number of amides is 1. The van der Waals surface area contributed by atoms with Crippen molar-refractivity contribution in [1.29, 1.82) is 0 Å². The van der Waals surface area contributed by atoms with E-state index in [9.17, 15) is 4.79 Å². The first kappa shape index (κ1) is 25.6. The summed E-state index contributed by atoms with van der Waals surface area (Å²) in [4.78, 5) is 22.6. The highest BCUT2D eigenvalue weighted by Gasteiger charge is 2.37. The predicted octanol–water partition coefficient (Wildman–Crippen LogP) is 4.96. The first-order valence-electron chi connectivity index (χ1n) is 12.1. The maximum absolute atomic E-state index is 12.3. The fourth-order valence-corrected chi connectivity index (χ4v) is 3.96. The van der Waals surface area contributed by atoms with Crippen LogP contribution in [0.5, 0.6) is 0 Å². The van der Waals surface area contributed by atoms with Gasteiger partial charge in [-0.3, -0.25) is 4.98 Å². The number of hydrogen-bond donors (Lipinski definition) is 1. The molecule has 1 saturated heterocycles. The molecule has 0 bridgehead atoms. The molecule has 1 fully saturated rings. The zero-order valence-electron chi connectivity index (χ0n) is 21.7. The number of hydrogen-bond acceptors (Lipinski definition) is 5. The number of carbonyl (C=O) groups is 1. The van der Waals surface area contributed by atoms with Gasteiger partial charge in [-0.2, -0.15) is 0 Å². The molecule has 0 aliphatic carbocycles. The first-order valence-corrected chi connectivity index (χ1v) is 12.1. The van der Waals surface area contributed by atoms with Crippen molar-refractivity contribution in [1.82, 2.24) is 14.9 Å². The second-order valence-corrected chi connectivity index (χ2v) is 10.8. The van der Waals surface area contributed by atoms with Crippen LogP contribution in [0.3, 0.4) is 0 Å². The molecule has 0 aromatic carbocycles. The van der Waals surface area contributed by atoms with Crippen molar-refractivity contribution in [2.45, 2.75) is 91.8 Å². The zero-order chi connectivity index (χ0) is 24.6. The molecular weight excluding hydrogens is 417 g/mol. The average Bonchev–Trinajstić information content (AvgIpc) is 3.04. The number of nitrogens with one attached hydrogen (secondary N) is 1. The van der Waals surface area contributed by atoms with Crippen molar-refractivity contribution in [2.75, 3.05) is 19.7 Å². The molecule has 2 aromatic heterocycles. The monoisotopic (exact) mass is 457 g/mol. The van der Waals surface area contributed by atoms with Crippen LogP contribution in [-0.2, 0) is 14.0 Å². The van der Waals surface area contributed by atoms with Crippen molar-refractivity contribution in [3.63, 3.8) is 0 Å². The van der Waals surface area contributed by atoms with Gasteiger partial charge in [0.05, 0.1) is 16.6 Å². The highest BCUT2D eigenvalue weighted by molar-refractivity contribution is 6.61. The molecular formula is C25H40BN3O4. The van der Waals surface area contributed by atoms with Crippen LogP contribution in [0.4, 0.5) is 4.79 Å². The molecule has 0 atom stereocenters. The van der Waals surface area contributed by atoms with Crippen molar-refractivity contribution in [3.8, 4) is 0 Å². The van der Waals surface area contributed by atoms with Crippen molar-refractivity contribution >= 4 is 29.8 Å². The van der Waals surface area contributed by atoms with Gasteiger partial charge in [0.1, 0.15) is 5.60 Å². The highest BCUT2D eigenvalue weighted by atomic mass is 16.6. The van der Waals surface area contributed by atoms with Gasteiger partial charge < -0.3 is 23.9 Å². The third-order valence-corrected chi connectivity index (χ3v) is 6.09. The van der Waals surface area contributed by atoms with Crippen LogP contribution < -0.4 is 5.59 Å². The van der Waals surface area contributed by atoms with E-state index in [1.165, 1.54) is 0 Å². The van der Waals surface area contributed by atoms with E-state index in [4.69, 9.17) is 19.0 Å². The summed E-state index contributed by atoms with van der Waals surface area (Å²) in [7, 11) is -0.480. The van der Waals surface area contributed by atoms with Gasteiger partial charge in [-0.15, -0.1) is 0 Å². The molecule has 0 spiro atoms. The van der Waals surface area contributed by atoms with Crippen molar-refractivity contribution in [2.24, 2.45) is 0 Å². The van der Waals surface area contributed by atoms with E-state index in [1.54, 1.807) is 4.90 Å². The number of fused-ring (bicyclic) bond motifs is 1. The molecule has 0 saturated carbocycles. The van der Waals surface area contributed by atoms with Crippen LogP contribution in [0.1, 0.15) is 91.8 Å². The Labute approximate surface area is 198 Å². The Balaban J connectivity index is 1.88. The molecule has 2 aromatic rings. The number of H-pyrrole nitrogens is 1. The molecule has 1 aliphatic rings. The smallest absolute Gasteiger partial charge is 0.444 e. The van der Waals surface area contributed by atoms with E-state index in [0.717, 1.165) is 34.3 Å². The maximum atomic E-state index is 12.3. The topological polar surface area (TPSA) is 76.7 Å². The highest BCUT2D eigenvalue weighted by Crippen LogP contribution is 2.31. The van der Waals surface area contributed by atoms with Gasteiger partial charge in [-0.25, -0.2) is 4.79 Å². The van der Waals surface area contributed by atoms with Gasteiger partial charge in [0.25, 0.3) is 0 Å². The Kier molecular flexibility index (Phi) is 7.49. The Morgan fingerprint density at radius 1 is 1.21 bits per heavy atom. The van der Waals surface area contributed by atoms with Crippen LogP contribution >= 0.6 is 0 Å². The minimum atomic E-state index is -0.488. The summed E-state index contributed by atoms with van der Waals surface area (Å²) in [5.41, 5.74) is 4.20. The van der Waals surface area contributed by atoms with E-state index in [0.29, 0.717) is 19.7 Å². The minimum absolute atomic E-state index is 0.207. The molecule has 1 N–H and O–H groups in total. The first-order chi connectivity index (χ1) is 15.3. The van der Waals surface area contributed by atoms with Crippen LogP contribution in [0.25, 0.3) is 11.0 Å². The van der Waals surface area contributed by atoms with E-state index < -0.39 is 12.7 Å². The lowest BCUT2D eigenvalue weighted by Gasteiger charge is -2.39. The molecule has 1 amide bonds. The number of likely N-dealkylation sites (tertiary alicyclic amines) is 1. The second-order valence-electron chi connectivity index (χ2n) is 10.8. The molecule has 3 rings (SSSR count). The van der Waals surface area contributed by atoms with E-state index in [-0.39, 0.29) is 23.5 Å². The Morgan fingerprint density at radius 3 is 2.42 bits per heavy atom. The van der Waals surface area contributed by atoms with Gasteiger partial charge in [0, 0.05) is 36.9 Å². The summed E-state index contributed by atoms with van der Waals surface area (Å²) in [6.45, 7) is 20.1. The SMILES string of the molecule is CCOB(OC(C)(C)CC)c1[nH]c2ccc(C3CN(C(=O)OC(C)(C)C)C3)nc2c1C(C)C. The second kappa shape index (κ2) is 9.67.